The highest BCUT2D eigenvalue weighted by molar-refractivity contribution is 6.07. The van der Waals surface area contributed by atoms with E-state index in [2.05, 4.69) is 15.5 Å². The number of aromatic nitrogens is 2. The highest BCUT2D eigenvalue weighted by Gasteiger charge is 2.18. The Morgan fingerprint density at radius 1 is 1.18 bits per heavy atom. The molecule has 0 amide bonds. The van der Waals surface area contributed by atoms with Crippen molar-refractivity contribution in [3.8, 4) is 5.75 Å². The smallest absolute Gasteiger partial charge is 0.174 e. The summed E-state index contributed by atoms with van der Waals surface area (Å²) in [5.74, 6) is 0.904. The third kappa shape index (κ3) is 5.84. The molecule has 0 spiro atoms. The number of hydrogen-bond acceptors (Lipinski definition) is 7. The zero-order valence-corrected chi connectivity index (χ0v) is 19.8. The fourth-order valence-corrected chi connectivity index (χ4v) is 3.63. The van der Waals surface area contributed by atoms with Gasteiger partial charge in [-0.05, 0) is 57.3 Å². The van der Waals surface area contributed by atoms with Crippen LogP contribution in [0.25, 0.3) is 0 Å². The van der Waals surface area contributed by atoms with Crippen LogP contribution >= 0.6 is 0 Å². The van der Waals surface area contributed by atoms with Gasteiger partial charge in [0.1, 0.15) is 23.4 Å². The molecule has 0 fully saturated rings. The van der Waals surface area contributed by atoms with Crippen molar-refractivity contribution in [2.24, 2.45) is 4.99 Å². The number of aliphatic imine (C=N–C) groups is 1. The zero-order chi connectivity index (χ0) is 24.0. The second-order valence-electron chi connectivity index (χ2n) is 8.01. The van der Waals surface area contributed by atoms with Crippen LogP contribution in [0.2, 0.25) is 0 Å². The lowest BCUT2D eigenvalue weighted by Gasteiger charge is -2.21. The molecule has 1 aromatic heterocycles. The van der Waals surface area contributed by atoms with Crippen molar-refractivity contribution >= 4 is 22.9 Å². The summed E-state index contributed by atoms with van der Waals surface area (Å²) in [4.78, 5) is 6.65. The van der Waals surface area contributed by atoms with Crippen molar-refractivity contribution in [1.82, 2.24) is 15.5 Å². The number of benzene rings is 2. The summed E-state index contributed by atoms with van der Waals surface area (Å²) in [6.45, 7) is 4.47. The molecule has 174 valence electrons. The number of halogens is 1. The molecule has 8 heteroatoms. The second kappa shape index (κ2) is 10.9. The summed E-state index contributed by atoms with van der Waals surface area (Å²) in [5, 5.41) is 11.6. The lowest BCUT2D eigenvalue weighted by molar-refractivity contribution is 0.195. The quantitative estimate of drug-likeness (QED) is 0.469. The van der Waals surface area contributed by atoms with Gasteiger partial charge in [0.25, 0.3) is 0 Å². The van der Waals surface area contributed by atoms with Gasteiger partial charge in [0.05, 0.1) is 11.4 Å². The molecule has 0 saturated heterocycles. The number of rotatable bonds is 9. The highest BCUT2D eigenvalue weighted by atomic mass is 19.1. The normalized spacial score (nSPS) is 12.5. The van der Waals surface area contributed by atoms with E-state index in [1.165, 1.54) is 12.1 Å². The Balaban J connectivity index is 1.99. The molecule has 0 aliphatic rings. The minimum absolute atomic E-state index is 0.291. The Morgan fingerprint density at radius 3 is 2.64 bits per heavy atom. The Hall–Kier alpha value is -3.52. The molecule has 33 heavy (non-hydrogen) atoms. The van der Waals surface area contributed by atoms with Crippen LogP contribution in [0, 0.1) is 12.7 Å². The van der Waals surface area contributed by atoms with Gasteiger partial charge in [0, 0.05) is 31.8 Å². The van der Waals surface area contributed by atoms with E-state index in [1.807, 2.05) is 70.2 Å². The van der Waals surface area contributed by atoms with Crippen molar-refractivity contribution in [3.05, 3.63) is 71.2 Å². The Morgan fingerprint density at radius 2 is 1.94 bits per heavy atom. The van der Waals surface area contributed by atoms with E-state index in [9.17, 15) is 4.39 Å². The third-order valence-electron chi connectivity index (χ3n) is 5.25. The predicted molar refractivity (Wildman–Crippen MR) is 132 cm³/mol. The van der Waals surface area contributed by atoms with Gasteiger partial charge < -0.3 is 20.7 Å². The number of aryl methyl sites for hydroxylation is 1. The topological polar surface area (TPSA) is 88.7 Å². The van der Waals surface area contributed by atoms with Gasteiger partial charge in [-0.1, -0.05) is 24.3 Å². The summed E-state index contributed by atoms with van der Waals surface area (Å²) in [6.07, 6.45) is 0.336. The molecular weight excluding hydrogens is 419 g/mol. The van der Waals surface area contributed by atoms with Gasteiger partial charge in [-0.3, -0.25) is 0 Å². The van der Waals surface area contributed by atoms with E-state index in [0.29, 0.717) is 40.8 Å². The fraction of sp³-hybridized carbons (Fsp3) is 0.320. The number of para-hydroxylation sites is 2. The van der Waals surface area contributed by atoms with Crippen LogP contribution in [-0.4, -0.2) is 43.6 Å². The summed E-state index contributed by atoms with van der Waals surface area (Å²) < 4.78 is 20.2. The minimum Gasteiger partial charge on any atom is -0.483 e. The summed E-state index contributed by atoms with van der Waals surface area (Å²) in [6, 6.07) is 14.0. The first kappa shape index (κ1) is 24.1. The summed E-state index contributed by atoms with van der Waals surface area (Å²) >= 11 is 0. The molecule has 1 heterocycles. The standard InChI is InChI=1S/C25H31FN6O/c1-16(23-17(2)30-31-25(24(23)27)32(4)5)29-20-11-6-7-12-22(20)33-21(13-14-28-3)18-9-8-10-19(26)15-18/h6-12,15,21,28H,13-14H2,1-5H3,(H2,27,30). The van der Waals surface area contributed by atoms with Gasteiger partial charge in [-0.15, -0.1) is 5.10 Å². The molecule has 0 radical (unpaired) electrons. The van der Waals surface area contributed by atoms with E-state index in [4.69, 9.17) is 15.5 Å². The number of nitrogens with zero attached hydrogens (tertiary/aromatic N) is 4. The molecule has 1 atom stereocenters. The number of nitrogens with one attached hydrogen (secondary N) is 1. The second-order valence-corrected chi connectivity index (χ2v) is 8.01. The maximum atomic E-state index is 13.9. The molecule has 0 aliphatic carbocycles. The Kier molecular flexibility index (Phi) is 7.95. The lowest BCUT2D eigenvalue weighted by atomic mass is 10.1. The van der Waals surface area contributed by atoms with E-state index >= 15 is 0 Å². The minimum atomic E-state index is -0.334. The lowest BCUT2D eigenvalue weighted by Crippen LogP contribution is -2.18. The summed E-state index contributed by atoms with van der Waals surface area (Å²) in [7, 11) is 5.61. The van der Waals surface area contributed by atoms with Crippen LogP contribution in [0.3, 0.4) is 0 Å². The molecule has 3 aromatic rings. The van der Waals surface area contributed by atoms with E-state index in [1.54, 1.807) is 6.07 Å². The Labute approximate surface area is 194 Å². The van der Waals surface area contributed by atoms with Crippen LogP contribution in [0.15, 0.2) is 53.5 Å². The number of anilines is 2. The average Bonchev–Trinajstić information content (AvgIpc) is 2.77. The van der Waals surface area contributed by atoms with E-state index in [-0.39, 0.29) is 11.9 Å². The maximum absolute atomic E-state index is 13.9. The van der Waals surface area contributed by atoms with Gasteiger partial charge in [-0.2, -0.15) is 5.10 Å². The molecule has 3 rings (SSSR count). The summed E-state index contributed by atoms with van der Waals surface area (Å²) in [5.41, 5.74) is 10.5. The largest absolute Gasteiger partial charge is 0.483 e. The molecule has 0 bridgehead atoms. The molecule has 3 N–H and O–H groups in total. The van der Waals surface area contributed by atoms with Crippen LogP contribution < -0.4 is 20.7 Å². The Bertz CT molecular complexity index is 1130. The molecule has 0 aliphatic heterocycles. The van der Waals surface area contributed by atoms with Crippen molar-refractivity contribution in [2.45, 2.75) is 26.4 Å². The highest BCUT2D eigenvalue weighted by Crippen LogP contribution is 2.34. The molecule has 1 unspecified atom stereocenters. The number of nitrogen functional groups attached to an aromatic ring is 1. The van der Waals surface area contributed by atoms with Crippen molar-refractivity contribution in [1.29, 1.82) is 0 Å². The van der Waals surface area contributed by atoms with Crippen molar-refractivity contribution in [2.75, 3.05) is 38.3 Å². The monoisotopic (exact) mass is 450 g/mol. The molecular formula is C25H31FN6O. The van der Waals surface area contributed by atoms with Crippen LogP contribution in [0.4, 0.5) is 21.6 Å². The molecule has 7 nitrogen and oxygen atoms in total. The fourth-order valence-electron chi connectivity index (χ4n) is 3.63. The van der Waals surface area contributed by atoms with Crippen molar-refractivity contribution in [3.63, 3.8) is 0 Å². The van der Waals surface area contributed by atoms with Gasteiger partial charge >= 0.3 is 0 Å². The van der Waals surface area contributed by atoms with Gasteiger partial charge in [0.15, 0.2) is 5.82 Å². The van der Waals surface area contributed by atoms with E-state index < -0.39 is 0 Å². The molecule has 2 aromatic carbocycles. The maximum Gasteiger partial charge on any atom is 0.174 e. The number of nitrogens with two attached hydrogens (primary N) is 1. The van der Waals surface area contributed by atoms with Gasteiger partial charge in [-0.25, -0.2) is 9.38 Å². The first-order valence-electron chi connectivity index (χ1n) is 10.8. The zero-order valence-electron chi connectivity index (χ0n) is 19.8. The van der Waals surface area contributed by atoms with Crippen molar-refractivity contribution < 1.29 is 9.13 Å². The molecule has 0 saturated carbocycles. The number of ether oxygens (including phenoxy) is 1. The first-order valence-corrected chi connectivity index (χ1v) is 10.8. The van der Waals surface area contributed by atoms with E-state index in [0.717, 1.165) is 17.7 Å². The van der Waals surface area contributed by atoms with Crippen LogP contribution in [-0.2, 0) is 0 Å². The SMILES string of the molecule is CNCCC(Oc1ccccc1N=C(C)c1c(C)nnc(N(C)C)c1N)c1cccc(F)c1. The predicted octanol–water partition coefficient (Wildman–Crippen LogP) is 4.44. The average molecular weight is 451 g/mol. The van der Waals surface area contributed by atoms with Crippen LogP contribution in [0.1, 0.15) is 36.3 Å². The number of hydrogen-bond donors (Lipinski definition) is 2. The first-order chi connectivity index (χ1) is 15.8. The van der Waals surface area contributed by atoms with Gasteiger partial charge in [0.2, 0.25) is 0 Å². The van der Waals surface area contributed by atoms with Crippen LogP contribution in [0.5, 0.6) is 5.75 Å². The third-order valence-corrected chi connectivity index (χ3v) is 5.25.